The number of carboxylic acid groups (broad SMARTS) is 1. The van der Waals surface area contributed by atoms with Crippen LogP contribution in [0.3, 0.4) is 0 Å². The van der Waals surface area contributed by atoms with E-state index in [0.29, 0.717) is 12.8 Å². The molecule has 0 aromatic heterocycles. The summed E-state index contributed by atoms with van der Waals surface area (Å²) in [5.74, 6) is -1.30. The molecule has 1 saturated carbocycles. The molecule has 5 nitrogen and oxygen atoms in total. The van der Waals surface area contributed by atoms with Gasteiger partial charge < -0.3 is 9.84 Å². The van der Waals surface area contributed by atoms with Crippen molar-refractivity contribution in [1.82, 2.24) is 4.90 Å². The number of aliphatic carboxylic acids is 1. The standard InChI is InChI=1S/C18H21NO4/c20-16(10-9-14-7-3-1-4-8-14)19-15(17(21)22)13-23-18(19)11-5-2-6-12-18/h1,3-4,7-10,15H,2,5-6,11-13H2,(H,21,22). The SMILES string of the molecule is O=C(O)C1COC2(CCCCC2)N1C(=O)C=Cc1ccccc1. The largest absolute Gasteiger partial charge is 0.480 e. The van der Waals surface area contributed by atoms with E-state index in [1.165, 1.54) is 11.0 Å². The van der Waals surface area contributed by atoms with E-state index in [4.69, 9.17) is 4.74 Å². The highest BCUT2D eigenvalue weighted by Crippen LogP contribution is 2.40. The van der Waals surface area contributed by atoms with E-state index in [1.54, 1.807) is 6.08 Å². The summed E-state index contributed by atoms with van der Waals surface area (Å²) < 4.78 is 5.83. The molecule has 1 unspecified atom stereocenters. The Hall–Kier alpha value is -2.14. The van der Waals surface area contributed by atoms with Gasteiger partial charge in [0.25, 0.3) is 0 Å². The first-order valence-corrected chi connectivity index (χ1v) is 8.06. The molecular formula is C18H21NO4. The Morgan fingerprint density at radius 1 is 1.17 bits per heavy atom. The molecule has 1 atom stereocenters. The molecule has 1 aromatic carbocycles. The van der Waals surface area contributed by atoms with Gasteiger partial charge in [-0.3, -0.25) is 9.69 Å². The fourth-order valence-electron chi connectivity index (χ4n) is 3.50. The molecule has 23 heavy (non-hydrogen) atoms. The van der Waals surface area contributed by atoms with Gasteiger partial charge in [0.1, 0.15) is 5.72 Å². The summed E-state index contributed by atoms with van der Waals surface area (Å²) in [5, 5.41) is 9.43. The summed E-state index contributed by atoms with van der Waals surface area (Å²) in [6, 6.07) is 8.59. The van der Waals surface area contributed by atoms with Gasteiger partial charge in [0.2, 0.25) is 5.91 Å². The van der Waals surface area contributed by atoms with E-state index in [9.17, 15) is 14.7 Å². The second kappa shape index (κ2) is 6.54. The predicted molar refractivity (Wildman–Crippen MR) is 85.5 cm³/mol. The molecule has 5 heteroatoms. The molecule has 1 aliphatic heterocycles. The van der Waals surface area contributed by atoms with Gasteiger partial charge in [-0.2, -0.15) is 0 Å². The number of amides is 1. The molecule has 3 rings (SSSR count). The zero-order valence-corrected chi connectivity index (χ0v) is 13.0. The van der Waals surface area contributed by atoms with Gasteiger partial charge in [-0.05, 0) is 37.3 Å². The number of rotatable bonds is 3. The van der Waals surface area contributed by atoms with Crippen LogP contribution in [0.5, 0.6) is 0 Å². The second-order valence-electron chi connectivity index (χ2n) is 6.12. The summed E-state index contributed by atoms with van der Waals surface area (Å²) in [7, 11) is 0. The number of carbonyl (C=O) groups is 2. The number of nitrogens with zero attached hydrogens (tertiary/aromatic N) is 1. The molecule has 1 aliphatic carbocycles. The van der Waals surface area contributed by atoms with Crippen molar-refractivity contribution in [2.24, 2.45) is 0 Å². The van der Waals surface area contributed by atoms with Crippen LogP contribution in [0.4, 0.5) is 0 Å². The Balaban J connectivity index is 1.84. The van der Waals surface area contributed by atoms with Gasteiger partial charge in [-0.15, -0.1) is 0 Å². The van der Waals surface area contributed by atoms with E-state index < -0.39 is 17.7 Å². The lowest BCUT2D eigenvalue weighted by Gasteiger charge is -2.40. The predicted octanol–water partition coefficient (Wildman–Crippen LogP) is 2.67. The summed E-state index contributed by atoms with van der Waals surface area (Å²) in [6.07, 6.45) is 7.61. The van der Waals surface area contributed by atoms with E-state index in [1.807, 2.05) is 30.3 Å². The maximum absolute atomic E-state index is 12.7. The highest BCUT2D eigenvalue weighted by Gasteiger charge is 2.52. The van der Waals surface area contributed by atoms with Crippen LogP contribution in [0.25, 0.3) is 6.08 Å². The summed E-state index contributed by atoms with van der Waals surface area (Å²) in [5.41, 5.74) is 0.171. The first-order chi connectivity index (χ1) is 11.1. The van der Waals surface area contributed by atoms with Crippen LogP contribution in [-0.2, 0) is 14.3 Å². The Labute approximate surface area is 135 Å². The fourth-order valence-corrected chi connectivity index (χ4v) is 3.50. The average Bonchev–Trinajstić information content (AvgIpc) is 2.93. The molecule has 122 valence electrons. The van der Waals surface area contributed by atoms with Crippen molar-refractivity contribution in [3.63, 3.8) is 0 Å². The van der Waals surface area contributed by atoms with Crippen LogP contribution in [0.15, 0.2) is 36.4 Å². The topological polar surface area (TPSA) is 66.8 Å². The summed E-state index contributed by atoms with van der Waals surface area (Å²) in [6.45, 7) is 0.0697. The van der Waals surface area contributed by atoms with Crippen molar-refractivity contribution in [2.75, 3.05) is 6.61 Å². The van der Waals surface area contributed by atoms with Crippen molar-refractivity contribution in [1.29, 1.82) is 0 Å². The molecule has 2 fully saturated rings. The van der Waals surface area contributed by atoms with Gasteiger partial charge in [-0.1, -0.05) is 36.8 Å². The van der Waals surface area contributed by atoms with Gasteiger partial charge in [0.05, 0.1) is 6.61 Å². The normalized spacial score (nSPS) is 23.5. The van der Waals surface area contributed by atoms with Crippen molar-refractivity contribution < 1.29 is 19.4 Å². The van der Waals surface area contributed by atoms with Crippen molar-refractivity contribution >= 4 is 18.0 Å². The van der Waals surface area contributed by atoms with Crippen molar-refractivity contribution in [3.05, 3.63) is 42.0 Å². The van der Waals surface area contributed by atoms with Gasteiger partial charge in [-0.25, -0.2) is 4.79 Å². The highest BCUT2D eigenvalue weighted by atomic mass is 16.5. The van der Waals surface area contributed by atoms with Crippen LogP contribution >= 0.6 is 0 Å². The quantitative estimate of drug-likeness (QED) is 0.871. The Bertz CT molecular complexity index is 605. The van der Waals surface area contributed by atoms with Gasteiger partial charge in [0.15, 0.2) is 6.04 Å². The van der Waals surface area contributed by atoms with Crippen LogP contribution in [0.2, 0.25) is 0 Å². The average molecular weight is 315 g/mol. The zero-order valence-electron chi connectivity index (χ0n) is 13.0. The summed E-state index contributed by atoms with van der Waals surface area (Å²) >= 11 is 0. The summed E-state index contributed by atoms with van der Waals surface area (Å²) in [4.78, 5) is 25.7. The van der Waals surface area contributed by atoms with Crippen molar-refractivity contribution in [3.8, 4) is 0 Å². The number of benzene rings is 1. The third-order valence-electron chi connectivity index (χ3n) is 4.64. The zero-order chi connectivity index (χ0) is 16.3. The molecule has 1 aromatic rings. The Morgan fingerprint density at radius 2 is 1.87 bits per heavy atom. The fraction of sp³-hybridized carbons (Fsp3) is 0.444. The van der Waals surface area contributed by atoms with Gasteiger partial charge in [0, 0.05) is 6.08 Å². The number of ether oxygens (including phenoxy) is 1. The second-order valence-corrected chi connectivity index (χ2v) is 6.12. The van der Waals surface area contributed by atoms with Crippen LogP contribution in [0, 0.1) is 0 Å². The number of carbonyl (C=O) groups excluding carboxylic acids is 1. The molecule has 1 saturated heterocycles. The van der Waals surface area contributed by atoms with Crippen LogP contribution in [0.1, 0.15) is 37.7 Å². The number of hydrogen-bond donors (Lipinski definition) is 1. The molecule has 1 amide bonds. The van der Waals surface area contributed by atoms with Crippen LogP contribution in [-0.4, -0.2) is 40.3 Å². The maximum atomic E-state index is 12.7. The number of carboxylic acids is 1. The van der Waals surface area contributed by atoms with Gasteiger partial charge >= 0.3 is 5.97 Å². The molecular weight excluding hydrogens is 294 g/mol. The molecule has 0 radical (unpaired) electrons. The lowest BCUT2D eigenvalue weighted by molar-refractivity contribution is -0.159. The smallest absolute Gasteiger partial charge is 0.328 e. The first-order valence-electron chi connectivity index (χ1n) is 8.06. The number of hydrogen-bond acceptors (Lipinski definition) is 3. The van der Waals surface area contributed by atoms with E-state index in [0.717, 1.165) is 24.8 Å². The third kappa shape index (κ3) is 3.15. The Kier molecular flexibility index (Phi) is 4.48. The minimum absolute atomic E-state index is 0.0697. The van der Waals surface area contributed by atoms with E-state index in [2.05, 4.69) is 0 Å². The highest BCUT2D eigenvalue weighted by molar-refractivity contribution is 5.95. The Morgan fingerprint density at radius 3 is 2.52 bits per heavy atom. The monoisotopic (exact) mass is 315 g/mol. The molecule has 2 aliphatic rings. The molecule has 0 bridgehead atoms. The minimum Gasteiger partial charge on any atom is -0.480 e. The van der Waals surface area contributed by atoms with Crippen molar-refractivity contribution in [2.45, 2.75) is 43.9 Å². The van der Waals surface area contributed by atoms with E-state index in [-0.39, 0.29) is 12.5 Å². The lowest BCUT2D eigenvalue weighted by Crippen LogP contribution is -2.54. The third-order valence-corrected chi connectivity index (χ3v) is 4.64. The molecule has 1 N–H and O–H groups in total. The van der Waals surface area contributed by atoms with Crippen LogP contribution < -0.4 is 0 Å². The molecule has 1 heterocycles. The van der Waals surface area contributed by atoms with E-state index >= 15 is 0 Å². The first kappa shape index (κ1) is 15.7. The molecule has 1 spiro atoms. The lowest BCUT2D eigenvalue weighted by atomic mass is 9.90. The minimum atomic E-state index is -1.01. The maximum Gasteiger partial charge on any atom is 0.328 e.